The molecule has 0 aromatic heterocycles. The van der Waals surface area contributed by atoms with Crippen LogP contribution in [0.5, 0.6) is 0 Å². The quantitative estimate of drug-likeness (QED) is 0.829. The van der Waals surface area contributed by atoms with E-state index in [0.717, 1.165) is 19.0 Å². The fourth-order valence-electron chi connectivity index (χ4n) is 3.82. The topological polar surface area (TPSA) is 26.7 Å². The van der Waals surface area contributed by atoms with Crippen molar-refractivity contribution in [1.29, 1.82) is 0 Å². The van der Waals surface area contributed by atoms with E-state index in [1.807, 2.05) is 6.92 Å². The number of rotatable bonds is 5. The zero-order valence-corrected chi connectivity index (χ0v) is 12.9. The highest BCUT2D eigenvalue weighted by molar-refractivity contribution is 4.83. The maximum Gasteiger partial charge on any atom is 0.0639 e. The molecule has 1 aliphatic heterocycles. The predicted molar refractivity (Wildman–Crippen MR) is 80.3 cm³/mol. The lowest BCUT2D eigenvalue weighted by Crippen LogP contribution is -2.55. The Morgan fingerprint density at radius 3 is 2.53 bits per heavy atom. The van der Waals surface area contributed by atoms with Gasteiger partial charge in [0.05, 0.1) is 6.10 Å². The minimum Gasteiger partial charge on any atom is -0.392 e. The molecule has 0 spiro atoms. The van der Waals surface area contributed by atoms with Crippen molar-refractivity contribution in [1.82, 2.24) is 9.80 Å². The van der Waals surface area contributed by atoms with Gasteiger partial charge in [-0.2, -0.15) is 0 Å². The molecule has 1 aliphatic carbocycles. The van der Waals surface area contributed by atoms with Crippen LogP contribution in [0.4, 0.5) is 0 Å². The van der Waals surface area contributed by atoms with Crippen molar-refractivity contribution < 1.29 is 5.11 Å². The smallest absolute Gasteiger partial charge is 0.0639 e. The van der Waals surface area contributed by atoms with Crippen molar-refractivity contribution in [3.63, 3.8) is 0 Å². The van der Waals surface area contributed by atoms with E-state index in [2.05, 4.69) is 16.7 Å². The molecule has 2 atom stereocenters. The molecule has 1 N–H and O–H groups in total. The fraction of sp³-hybridized carbons (Fsp3) is 1.00. The van der Waals surface area contributed by atoms with Crippen molar-refractivity contribution in [2.24, 2.45) is 5.92 Å². The van der Waals surface area contributed by atoms with E-state index in [0.29, 0.717) is 6.04 Å². The molecule has 1 saturated heterocycles. The lowest BCUT2D eigenvalue weighted by Gasteiger charge is -2.43. The maximum absolute atomic E-state index is 9.59. The summed E-state index contributed by atoms with van der Waals surface area (Å²) in [5.41, 5.74) is 0. The number of aliphatic hydroxyl groups excluding tert-OH is 1. The summed E-state index contributed by atoms with van der Waals surface area (Å²) in [4.78, 5) is 5.17. The molecule has 112 valence electrons. The van der Waals surface area contributed by atoms with Crippen LogP contribution in [0.1, 0.15) is 52.4 Å². The molecule has 3 nitrogen and oxygen atoms in total. The zero-order chi connectivity index (χ0) is 13.7. The number of β-amino-alcohol motifs (C(OH)–C–C–N with tert-alkyl or cyclic N) is 1. The van der Waals surface area contributed by atoms with Crippen LogP contribution in [-0.2, 0) is 0 Å². The van der Waals surface area contributed by atoms with Crippen LogP contribution >= 0.6 is 0 Å². The van der Waals surface area contributed by atoms with Gasteiger partial charge in [0.15, 0.2) is 0 Å². The molecule has 0 radical (unpaired) electrons. The maximum atomic E-state index is 9.59. The summed E-state index contributed by atoms with van der Waals surface area (Å²) >= 11 is 0. The minimum absolute atomic E-state index is 0.195. The first-order valence-electron chi connectivity index (χ1n) is 8.33. The monoisotopic (exact) mass is 268 g/mol. The third-order valence-corrected chi connectivity index (χ3v) is 4.90. The number of hydrogen-bond donors (Lipinski definition) is 1. The first-order chi connectivity index (χ1) is 9.19. The molecule has 1 saturated carbocycles. The third kappa shape index (κ3) is 4.73. The molecular weight excluding hydrogens is 236 g/mol. The van der Waals surface area contributed by atoms with E-state index in [1.165, 1.54) is 58.2 Å². The van der Waals surface area contributed by atoms with E-state index in [4.69, 9.17) is 0 Å². The van der Waals surface area contributed by atoms with E-state index in [1.54, 1.807) is 0 Å². The fourth-order valence-corrected chi connectivity index (χ4v) is 3.82. The summed E-state index contributed by atoms with van der Waals surface area (Å²) in [6.07, 6.45) is 8.26. The Bertz CT molecular complexity index is 251. The van der Waals surface area contributed by atoms with E-state index >= 15 is 0 Å². The molecule has 2 unspecified atom stereocenters. The van der Waals surface area contributed by atoms with Crippen molar-refractivity contribution in [2.45, 2.75) is 64.5 Å². The van der Waals surface area contributed by atoms with Gasteiger partial charge in [0, 0.05) is 38.8 Å². The van der Waals surface area contributed by atoms with Crippen LogP contribution < -0.4 is 0 Å². The molecule has 2 aliphatic rings. The van der Waals surface area contributed by atoms with Crippen LogP contribution in [0, 0.1) is 5.92 Å². The highest BCUT2D eigenvalue weighted by atomic mass is 16.3. The van der Waals surface area contributed by atoms with Gasteiger partial charge in [-0.1, -0.05) is 26.2 Å². The zero-order valence-electron chi connectivity index (χ0n) is 12.9. The standard InChI is InChI=1S/C16H32N2O/c1-3-16-13-17(9-10-18(16)11-14(2)19)12-15-7-5-4-6-8-15/h14-16,19H,3-13H2,1-2H3. The van der Waals surface area contributed by atoms with Gasteiger partial charge in [-0.3, -0.25) is 4.90 Å². The molecule has 0 amide bonds. The summed E-state index contributed by atoms with van der Waals surface area (Å²) < 4.78 is 0. The largest absolute Gasteiger partial charge is 0.392 e. The average molecular weight is 268 g/mol. The Morgan fingerprint density at radius 2 is 1.89 bits per heavy atom. The normalized spacial score (nSPS) is 29.5. The van der Waals surface area contributed by atoms with Gasteiger partial charge in [0.1, 0.15) is 0 Å². The van der Waals surface area contributed by atoms with Crippen molar-refractivity contribution in [3.8, 4) is 0 Å². The van der Waals surface area contributed by atoms with Crippen LogP contribution in [0.25, 0.3) is 0 Å². The van der Waals surface area contributed by atoms with Gasteiger partial charge in [-0.25, -0.2) is 0 Å². The molecule has 3 heteroatoms. The molecule has 2 fully saturated rings. The van der Waals surface area contributed by atoms with Gasteiger partial charge >= 0.3 is 0 Å². The summed E-state index contributed by atoms with van der Waals surface area (Å²) in [7, 11) is 0. The van der Waals surface area contributed by atoms with Crippen molar-refractivity contribution in [3.05, 3.63) is 0 Å². The molecule has 0 aromatic rings. The van der Waals surface area contributed by atoms with Crippen LogP contribution in [0.3, 0.4) is 0 Å². The summed E-state index contributed by atoms with van der Waals surface area (Å²) in [5, 5.41) is 9.59. The SMILES string of the molecule is CCC1CN(CC2CCCCC2)CCN1CC(C)O. The van der Waals surface area contributed by atoms with Crippen molar-refractivity contribution in [2.75, 3.05) is 32.7 Å². The second-order valence-corrected chi connectivity index (χ2v) is 6.67. The van der Waals surface area contributed by atoms with E-state index < -0.39 is 0 Å². The molecule has 2 rings (SSSR count). The Kier molecular flexibility index (Phi) is 6.11. The summed E-state index contributed by atoms with van der Waals surface area (Å²) in [6.45, 7) is 9.88. The number of aliphatic hydroxyl groups is 1. The number of nitrogens with zero attached hydrogens (tertiary/aromatic N) is 2. The summed E-state index contributed by atoms with van der Waals surface area (Å²) in [6, 6.07) is 0.645. The number of hydrogen-bond acceptors (Lipinski definition) is 3. The van der Waals surface area contributed by atoms with Gasteiger partial charge in [0.25, 0.3) is 0 Å². The molecule has 19 heavy (non-hydrogen) atoms. The van der Waals surface area contributed by atoms with Gasteiger partial charge in [-0.05, 0) is 32.1 Å². The highest BCUT2D eigenvalue weighted by Crippen LogP contribution is 2.25. The number of piperazine rings is 1. The molecule has 0 bridgehead atoms. The Hall–Kier alpha value is -0.120. The third-order valence-electron chi connectivity index (χ3n) is 4.90. The van der Waals surface area contributed by atoms with Crippen LogP contribution in [-0.4, -0.2) is 59.8 Å². The van der Waals surface area contributed by atoms with E-state index in [-0.39, 0.29) is 6.10 Å². The van der Waals surface area contributed by atoms with Crippen LogP contribution in [0.2, 0.25) is 0 Å². The van der Waals surface area contributed by atoms with Crippen molar-refractivity contribution >= 4 is 0 Å². The lowest BCUT2D eigenvalue weighted by molar-refractivity contribution is 0.0287. The highest BCUT2D eigenvalue weighted by Gasteiger charge is 2.27. The molecular formula is C16H32N2O. The van der Waals surface area contributed by atoms with Crippen LogP contribution in [0.15, 0.2) is 0 Å². The Morgan fingerprint density at radius 1 is 1.16 bits per heavy atom. The second kappa shape index (κ2) is 7.61. The Labute approximate surface area is 119 Å². The van der Waals surface area contributed by atoms with E-state index in [9.17, 15) is 5.11 Å². The van der Waals surface area contributed by atoms with Gasteiger partial charge in [0.2, 0.25) is 0 Å². The second-order valence-electron chi connectivity index (χ2n) is 6.67. The first-order valence-corrected chi connectivity index (χ1v) is 8.33. The minimum atomic E-state index is -0.195. The average Bonchev–Trinajstić information content (AvgIpc) is 2.41. The molecule has 0 aromatic carbocycles. The van der Waals surface area contributed by atoms with Gasteiger partial charge in [-0.15, -0.1) is 0 Å². The lowest BCUT2D eigenvalue weighted by atomic mass is 9.88. The predicted octanol–water partition coefficient (Wildman–Crippen LogP) is 2.34. The summed E-state index contributed by atoms with van der Waals surface area (Å²) in [5.74, 6) is 0.953. The first kappa shape index (κ1) is 15.3. The molecule has 1 heterocycles. The van der Waals surface area contributed by atoms with Gasteiger partial charge < -0.3 is 10.0 Å². The Balaban J connectivity index is 1.78.